The molecule has 1 amide bonds. The maximum absolute atomic E-state index is 13.8. The molecular weight excluding hydrogens is 430 g/mol. The zero-order valence-electron chi connectivity index (χ0n) is 14.7. The Kier molecular flexibility index (Phi) is 6.26. The highest BCUT2D eigenvalue weighted by molar-refractivity contribution is 7.13. The fourth-order valence-electron chi connectivity index (χ4n) is 2.15. The van der Waals surface area contributed by atoms with Gasteiger partial charge in [-0.15, -0.1) is 11.3 Å². The number of hydrogen-bond acceptors (Lipinski definition) is 7. The molecule has 0 saturated carbocycles. The van der Waals surface area contributed by atoms with Crippen molar-refractivity contribution in [1.82, 2.24) is 9.97 Å². The van der Waals surface area contributed by atoms with Gasteiger partial charge < -0.3 is 9.47 Å². The van der Waals surface area contributed by atoms with Crippen molar-refractivity contribution in [3.05, 3.63) is 60.0 Å². The van der Waals surface area contributed by atoms with E-state index in [0.717, 1.165) is 17.5 Å². The number of pyridine rings is 1. The van der Waals surface area contributed by atoms with Crippen LogP contribution in [0.1, 0.15) is 0 Å². The molecule has 156 valence electrons. The Bertz CT molecular complexity index is 1030. The van der Waals surface area contributed by atoms with Crippen molar-refractivity contribution in [3.63, 3.8) is 0 Å². The molecule has 30 heavy (non-hydrogen) atoms. The second kappa shape index (κ2) is 8.86. The first kappa shape index (κ1) is 21.2. The van der Waals surface area contributed by atoms with Crippen molar-refractivity contribution in [2.24, 2.45) is 0 Å². The standard InChI is InChI=1S/C18H11F4N3O4S/c19-12-4-2-1-3-11(12)13-6-5-10(9-24-13)28-15(29-16(27)18(20,21)22)14(26)25-17-23-7-8-30-17/h1-9,15H,(H,23,25,26). The summed E-state index contributed by atoms with van der Waals surface area (Å²) in [5.41, 5.74) is 0.405. The highest BCUT2D eigenvalue weighted by Crippen LogP contribution is 2.24. The van der Waals surface area contributed by atoms with Crippen LogP contribution >= 0.6 is 11.3 Å². The maximum Gasteiger partial charge on any atom is 0.491 e. The van der Waals surface area contributed by atoms with E-state index < -0.39 is 30.2 Å². The van der Waals surface area contributed by atoms with Gasteiger partial charge in [0, 0.05) is 17.1 Å². The van der Waals surface area contributed by atoms with E-state index in [9.17, 15) is 27.2 Å². The number of carbonyl (C=O) groups excluding carboxylic acids is 2. The number of alkyl halides is 3. The van der Waals surface area contributed by atoms with Gasteiger partial charge >= 0.3 is 24.3 Å². The molecule has 12 heteroatoms. The van der Waals surface area contributed by atoms with Crippen LogP contribution in [0.5, 0.6) is 5.75 Å². The number of hydrogen-bond donors (Lipinski definition) is 1. The maximum atomic E-state index is 13.8. The Morgan fingerprint density at radius 1 is 1.10 bits per heavy atom. The quantitative estimate of drug-likeness (QED) is 0.356. The van der Waals surface area contributed by atoms with E-state index in [1.807, 2.05) is 0 Å². The van der Waals surface area contributed by atoms with Crippen molar-refractivity contribution in [3.8, 4) is 17.0 Å². The molecule has 0 bridgehead atoms. The van der Waals surface area contributed by atoms with E-state index in [4.69, 9.17) is 4.74 Å². The fourth-order valence-corrected chi connectivity index (χ4v) is 2.68. The SMILES string of the molecule is O=C(Nc1nccs1)C(OC(=O)C(F)(F)F)Oc1ccc(-c2ccccc2F)nc1. The molecule has 2 aromatic heterocycles. The van der Waals surface area contributed by atoms with Crippen LogP contribution < -0.4 is 10.1 Å². The number of anilines is 1. The van der Waals surface area contributed by atoms with Gasteiger partial charge in [0.2, 0.25) is 0 Å². The van der Waals surface area contributed by atoms with Gasteiger partial charge in [0.25, 0.3) is 0 Å². The van der Waals surface area contributed by atoms with Crippen molar-refractivity contribution >= 4 is 28.3 Å². The lowest BCUT2D eigenvalue weighted by Gasteiger charge is -2.19. The van der Waals surface area contributed by atoms with E-state index in [1.165, 1.54) is 41.9 Å². The summed E-state index contributed by atoms with van der Waals surface area (Å²) in [5.74, 6) is -4.53. The Balaban J connectivity index is 1.78. The number of benzene rings is 1. The average molecular weight is 441 g/mol. The number of ether oxygens (including phenoxy) is 2. The molecule has 0 spiro atoms. The predicted molar refractivity (Wildman–Crippen MR) is 96.9 cm³/mol. The third-order valence-electron chi connectivity index (χ3n) is 3.45. The fraction of sp³-hybridized carbons (Fsp3) is 0.111. The summed E-state index contributed by atoms with van der Waals surface area (Å²) in [5, 5.41) is 3.75. The minimum absolute atomic E-state index is 0.0599. The monoisotopic (exact) mass is 441 g/mol. The predicted octanol–water partition coefficient (Wildman–Crippen LogP) is 3.79. The van der Waals surface area contributed by atoms with E-state index in [0.29, 0.717) is 0 Å². The summed E-state index contributed by atoms with van der Waals surface area (Å²) in [4.78, 5) is 31.1. The molecule has 1 atom stereocenters. The molecule has 0 saturated heterocycles. The van der Waals surface area contributed by atoms with E-state index in [-0.39, 0.29) is 22.1 Å². The lowest BCUT2D eigenvalue weighted by Crippen LogP contribution is -2.40. The first-order valence-electron chi connectivity index (χ1n) is 8.10. The van der Waals surface area contributed by atoms with Crippen molar-refractivity contribution in [1.29, 1.82) is 0 Å². The molecule has 1 N–H and O–H groups in total. The van der Waals surface area contributed by atoms with Crippen LogP contribution in [0.3, 0.4) is 0 Å². The summed E-state index contributed by atoms with van der Waals surface area (Å²) < 4.78 is 60.7. The molecule has 0 aliphatic carbocycles. The number of esters is 1. The highest BCUT2D eigenvalue weighted by atomic mass is 32.1. The van der Waals surface area contributed by atoms with Crippen LogP contribution in [0.25, 0.3) is 11.3 Å². The number of carbonyl (C=O) groups is 2. The first-order valence-corrected chi connectivity index (χ1v) is 8.98. The first-order chi connectivity index (χ1) is 14.2. The molecule has 1 unspecified atom stereocenters. The summed E-state index contributed by atoms with van der Waals surface area (Å²) in [7, 11) is 0. The largest absolute Gasteiger partial charge is 0.491 e. The molecular formula is C18H11F4N3O4S. The second-order valence-electron chi connectivity index (χ2n) is 5.54. The minimum Gasteiger partial charge on any atom is -0.445 e. The number of halogens is 4. The molecule has 3 aromatic rings. The van der Waals surface area contributed by atoms with Crippen LogP contribution in [-0.2, 0) is 14.3 Å². The molecule has 1 aromatic carbocycles. The van der Waals surface area contributed by atoms with Crippen molar-refractivity contribution < 1.29 is 36.6 Å². The van der Waals surface area contributed by atoms with Gasteiger partial charge in [-0.1, -0.05) is 12.1 Å². The molecule has 2 heterocycles. The van der Waals surface area contributed by atoms with Gasteiger partial charge in [0.1, 0.15) is 11.6 Å². The van der Waals surface area contributed by atoms with Crippen LogP contribution in [-0.4, -0.2) is 34.3 Å². The van der Waals surface area contributed by atoms with Gasteiger partial charge in [0.05, 0.1) is 11.9 Å². The van der Waals surface area contributed by atoms with Crippen LogP contribution in [0, 0.1) is 5.82 Å². The Hall–Kier alpha value is -3.54. The normalized spacial score (nSPS) is 12.1. The lowest BCUT2D eigenvalue weighted by atomic mass is 10.1. The molecule has 3 rings (SSSR count). The molecule has 0 radical (unpaired) electrons. The Morgan fingerprint density at radius 2 is 1.87 bits per heavy atom. The van der Waals surface area contributed by atoms with Gasteiger partial charge in [-0.05, 0) is 24.3 Å². The molecule has 0 fully saturated rings. The molecule has 0 aliphatic rings. The highest BCUT2D eigenvalue weighted by Gasteiger charge is 2.44. The van der Waals surface area contributed by atoms with E-state index in [2.05, 4.69) is 20.0 Å². The number of aromatic nitrogens is 2. The van der Waals surface area contributed by atoms with E-state index >= 15 is 0 Å². The van der Waals surface area contributed by atoms with Crippen LogP contribution in [0.2, 0.25) is 0 Å². The van der Waals surface area contributed by atoms with Crippen molar-refractivity contribution in [2.45, 2.75) is 12.5 Å². The Labute approximate surface area is 170 Å². The third-order valence-corrected chi connectivity index (χ3v) is 4.14. The molecule has 0 aliphatic heterocycles. The van der Waals surface area contributed by atoms with Crippen LogP contribution in [0.4, 0.5) is 22.7 Å². The second-order valence-corrected chi connectivity index (χ2v) is 6.43. The smallest absolute Gasteiger partial charge is 0.445 e. The average Bonchev–Trinajstić information content (AvgIpc) is 3.21. The zero-order valence-corrected chi connectivity index (χ0v) is 15.5. The van der Waals surface area contributed by atoms with Gasteiger partial charge in [0.15, 0.2) is 5.13 Å². The Morgan fingerprint density at radius 3 is 2.47 bits per heavy atom. The minimum atomic E-state index is -5.34. The zero-order chi connectivity index (χ0) is 21.7. The van der Waals surface area contributed by atoms with Crippen molar-refractivity contribution in [2.75, 3.05) is 5.32 Å². The summed E-state index contributed by atoms with van der Waals surface area (Å²) in [6, 6.07) is 8.37. The molecule has 7 nitrogen and oxygen atoms in total. The van der Waals surface area contributed by atoms with E-state index in [1.54, 1.807) is 6.07 Å². The number of amides is 1. The topological polar surface area (TPSA) is 90.4 Å². The van der Waals surface area contributed by atoms with Gasteiger partial charge in [-0.25, -0.2) is 14.2 Å². The van der Waals surface area contributed by atoms with Crippen LogP contribution in [0.15, 0.2) is 54.2 Å². The van der Waals surface area contributed by atoms with Gasteiger partial charge in [-0.2, -0.15) is 13.2 Å². The summed E-state index contributed by atoms with van der Waals surface area (Å²) in [6.45, 7) is 0. The van der Waals surface area contributed by atoms with Gasteiger partial charge in [-0.3, -0.25) is 15.1 Å². The number of nitrogens with one attached hydrogen (secondary N) is 1. The number of rotatable bonds is 6. The number of nitrogens with zero attached hydrogens (tertiary/aromatic N) is 2. The summed E-state index contributed by atoms with van der Waals surface area (Å²) in [6.07, 6.45) is -5.21. The third kappa shape index (κ3) is 5.29. The number of thiazole rings is 1. The lowest BCUT2D eigenvalue weighted by molar-refractivity contribution is -0.215. The summed E-state index contributed by atoms with van der Waals surface area (Å²) >= 11 is 0.991.